The fourth-order valence-electron chi connectivity index (χ4n) is 2.36. The summed E-state index contributed by atoms with van der Waals surface area (Å²) in [6, 6.07) is 10.00. The summed E-state index contributed by atoms with van der Waals surface area (Å²) in [4.78, 5) is 10.3. The van der Waals surface area contributed by atoms with E-state index in [9.17, 15) is 15.2 Å². The van der Waals surface area contributed by atoms with Gasteiger partial charge >= 0.3 is 0 Å². The van der Waals surface area contributed by atoms with Crippen LogP contribution < -0.4 is 14.8 Å². The van der Waals surface area contributed by atoms with Crippen LogP contribution in [0.5, 0.6) is 11.5 Å². The molecule has 0 amide bonds. The number of aliphatic hydroxyl groups is 1. The third kappa shape index (κ3) is 6.19. The van der Waals surface area contributed by atoms with Crippen molar-refractivity contribution >= 4 is 21.6 Å². The molecule has 0 spiro atoms. The van der Waals surface area contributed by atoms with Crippen molar-refractivity contribution in [1.29, 1.82) is 0 Å². The third-order valence-electron chi connectivity index (χ3n) is 4.11. The summed E-state index contributed by atoms with van der Waals surface area (Å²) in [6.07, 6.45) is 0. The van der Waals surface area contributed by atoms with E-state index in [0.29, 0.717) is 24.7 Å². The van der Waals surface area contributed by atoms with Crippen molar-refractivity contribution in [2.24, 2.45) is 0 Å². The topological polar surface area (TPSA) is 93.9 Å². The minimum absolute atomic E-state index is 0.0272. The molecule has 0 aliphatic rings. The minimum Gasteiger partial charge on any atom is -0.490 e. The van der Waals surface area contributed by atoms with E-state index in [0.717, 1.165) is 15.6 Å². The van der Waals surface area contributed by atoms with Crippen LogP contribution >= 0.6 is 15.9 Å². The van der Waals surface area contributed by atoms with Crippen molar-refractivity contribution in [2.45, 2.75) is 39.5 Å². The number of halogens is 1. The van der Waals surface area contributed by atoms with Crippen molar-refractivity contribution in [1.82, 2.24) is 5.32 Å². The Hall–Kier alpha value is -2.16. The van der Waals surface area contributed by atoms with Crippen LogP contribution in [0.1, 0.15) is 31.9 Å². The number of ether oxygens (including phenoxy) is 2. The molecule has 8 heteroatoms. The average molecular weight is 453 g/mol. The van der Waals surface area contributed by atoms with Crippen LogP contribution in [0.25, 0.3) is 0 Å². The van der Waals surface area contributed by atoms with Crippen LogP contribution in [0.4, 0.5) is 5.69 Å². The molecule has 152 valence electrons. The Labute approximate surface area is 172 Å². The maximum atomic E-state index is 10.7. The van der Waals surface area contributed by atoms with Crippen molar-refractivity contribution in [3.05, 3.63) is 62.1 Å². The summed E-state index contributed by atoms with van der Waals surface area (Å²) in [7, 11) is 0. The number of benzene rings is 2. The van der Waals surface area contributed by atoms with Gasteiger partial charge in [0.15, 0.2) is 11.5 Å². The molecule has 28 heavy (non-hydrogen) atoms. The molecular weight excluding hydrogens is 428 g/mol. The van der Waals surface area contributed by atoms with Gasteiger partial charge in [0, 0.05) is 28.7 Å². The Balaban J connectivity index is 2.14. The van der Waals surface area contributed by atoms with Gasteiger partial charge < -0.3 is 19.9 Å². The van der Waals surface area contributed by atoms with Crippen LogP contribution in [-0.4, -0.2) is 28.8 Å². The number of non-ortho nitro benzene ring substituents is 1. The van der Waals surface area contributed by atoms with Crippen molar-refractivity contribution in [3.63, 3.8) is 0 Å². The first-order valence-electron chi connectivity index (χ1n) is 8.93. The van der Waals surface area contributed by atoms with Crippen molar-refractivity contribution in [3.8, 4) is 11.5 Å². The zero-order valence-corrected chi connectivity index (χ0v) is 17.8. The molecule has 2 aromatic carbocycles. The maximum Gasteiger partial charge on any atom is 0.269 e. The van der Waals surface area contributed by atoms with Crippen LogP contribution in [0.2, 0.25) is 0 Å². The second kappa shape index (κ2) is 9.86. The van der Waals surface area contributed by atoms with Crippen LogP contribution in [0.15, 0.2) is 40.9 Å². The predicted molar refractivity (Wildman–Crippen MR) is 111 cm³/mol. The first-order valence-corrected chi connectivity index (χ1v) is 9.72. The van der Waals surface area contributed by atoms with Crippen LogP contribution in [-0.2, 0) is 13.2 Å². The zero-order chi connectivity index (χ0) is 20.7. The molecule has 0 aromatic heterocycles. The van der Waals surface area contributed by atoms with Gasteiger partial charge in [0.2, 0.25) is 0 Å². The SMILES string of the molecule is CCOc1cc(CNC(C)(C)CO)c(Br)cc1OCc1ccc([N+](=O)[O-])cc1. The van der Waals surface area contributed by atoms with Crippen LogP contribution in [0, 0.1) is 10.1 Å². The van der Waals surface area contributed by atoms with Gasteiger partial charge in [-0.05, 0) is 56.2 Å². The molecule has 0 radical (unpaired) electrons. The van der Waals surface area contributed by atoms with Gasteiger partial charge in [0.05, 0.1) is 18.1 Å². The molecule has 0 aliphatic heterocycles. The highest BCUT2D eigenvalue weighted by Crippen LogP contribution is 2.34. The summed E-state index contributed by atoms with van der Waals surface area (Å²) >= 11 is 3.56. The second-order valence-corrected chi connectivity index (χ2v) is 7.79. The first-order chi connectivity index (χ1) is 13.3. The zero-order valence-electron chi connectivity index (χ0n) is 16.2. The molecule has 2 aromatic rings. The lowest BCUT2D eigenvalue weighted by atomic mass is 10.1. The monoisotopic (exact) mass is 452 g/mol. The predicted octanol–water partition coefficient (Wildman–Crippen LogP) is 4.20. The highest BCUT2D eigenvalue weighted by Gasteiger charge is 2.17. The fourth-order valence-corrected chi connectivity index (χ4v) is 2.82. The Kier molecular flexibility index (Phi) is 7.79. The fraction of sp³-hybridized carbons (Fsp3) is 0.400. The molecule has 0 bridgehead atoms. The molecular formula is C20H25BrN2O5. The molecule has 0 saturated carbocycles. The quantitative estimate of drug-likeness (QED) is 0.414. The Bertz CT molecular complexity index is 809. The van der Waals surface area contributed by atoms with Gasteiger partial charge in [-0.2, -0.15) is 0 Å². The van der Waals surface area contributed by atoms with E-state index in [2.05, 4.69) is 21.2 Å². The number of hydrogen-bond acceptors (Lipinski definition) is 6. The summed E-state index contributed by atoms with van der Waals surface area (Å²) in [6.45, 7) is 7.08. The first kappa shape index (κ1) is 22.1. The van der Waals surface area contributed by atoms with E-state index in [1.54, 1.807) is 12.1 Å². The van der Waals surface area contributed by atoms with E-state index >= 15 is 0 Å². The molecule has 0 heterocycles. The molecule has 7 nitrogen and oxygen atoms in total. The van der Waals surface area contributed by atoms with Crippen molar-refractivity contribution in [2.75, 3.05) is 13.2 Å². The van der Waals surface area contributed by atoms with E-state index < -0.39 is 10.5 Å². The Morgan fingerprint density at radius 3 is 2.39 bits per heavy atom. The van der Waals surface area contributed by atoms with E-state index in [-0.39, 0.29) is 18.9 Å². The number of hydrogen-bond donors (Lipinski definition) is 2. The molecule has 2 rings (SSSR count). The summed E-state index contributed by atoms with van der Waals surface area (Å²) in [5, 5.41) is 23.4. The van der Waals surface area contributed by atoms with Crippen LogP contribution in [0.3, 0.4) is 0 Å². The molecule has 0 saturated heterocycles. The number of nitro benzene ring substituents is 1. The minimum atomic E-state index is -0.431. The van der Waals surface area contributed by atoms with E-state index in [4.69, 9.17) is 9.47 Å². The van der Waals surface area contributed by atoms with Gasteiger partial charge in [-0.25, -0.2) is 0 Å². The average Bonchev–Trinajstić information content (AvgIpc) is 2.67. The highest BCUT2D eigenvalue weighted by molar-refractivity contribution is 9.10. The summed E-state index contributed by atoms with van der Waals surface area (Å²) in [5.41, 5.74) is 1.45. The van der Waals surface area contributed by atoms with Gasteiger partial charge in [-0.3, -0.25) is 10.1 Å². The van der Waals surface area contributed by atoms with Gasteiger partial charge in [-0.1, -0.05) is 15.9 Å². The number of nitro groups is 1. The van der Waals surface area contributed by atoms with Gasteiger partial charge in [0.25, 0.3) is 5.69 Å². The summed E-state index contributed by atoms with van der Waals surface area (Å²) < 4.78 is 12.5. The molecule has 0 fully saturated rings. The molecule has 0 atom stereocenters. The molecule has 0 unspecified atom stereocenters. The third-order valence-corrected chi connectivity index (χ3v) is 4.84. The van der Waals surface area contributed by atoms with E-state index in [1.807, 2.05) is 32.9 Å². The Morgan fingerprint density at radius 2 is 1.82 bits per heavy atom. The standard InChI is InChI=1S/C20H25BrN2O5/c1-4-27-18-9-15(11-22-20(2,3)13-24)17(21)10-19(18)28-12-14-5-7-16(8-6-14)23(25)26/h5-10,22,24H,4,11-13H2,1-3H3. The lowest BCUT2D eigenvalue weighted by Gasteiger charge is -2.24. The number of rotatable bonds is 10. The van der Waals surface area contributed by atoms with Gasteiger partial charge in [-0.15, -0.1) is 0 Å². The maximum absolute atomic E-state index is 10.7. The van der Waals surface area contributed by atoms with Gasteiger partial charge in [0.1, 0.15) is 6.61 Å². The largest absolute Gasteiger partial charge is 0.490 e. The molecule has 0 aliphatic carbocycles. The smallest absolute Gasteiger partial charge is 0.269 e. The normalized spacial score (nSPS) is 11.3. The lowest BCUT2D eigenvalue weighted by molar-refractivity contribution is -0.384. The number of nitrogens with one attached hydrogen (secondary N) is 1. The van der Waals surface area contributed by atoms with Crippen molar-refractivity contribution < 1.29 is 19.5 Å². The number of aliphatic hydroxyl groups excluding tert-OH is 1. The lowest BCUT2D eigenvalue weighted by Crippen LogP contribution is -2.42. The molecule has 2 N–H and O–H groups in total. The highest BCUT2D eigenvalue weighted by atomic mass is 79.9. The second-order valence-electron chi connectivity index (χ2n) is 6.93. The summed E-state index contributed by atoms with van der Waals surface area (Å²) in [5.74, 6) is 1.20. The number of nitrogens with zero attached hydrogens (tertiary/aromatic N) is 1. The Morgan fingerprint density at radius 1 is 1.18 bits per heavy atom. The van der Waals surface area contributed by atoms with E-state index in [1.165, 1.54) is 12.1 Å².